The van der Waals surface area contributed by atoms with Crippen molar-refractivity contribution in [2.24, 2.45) is 5.73 Å². The third-order valence-corrected chi connectivity index (χ3v) is 2.03. The Morgan fingerprint density at radius 1 is 1.54 bits per heavy atom. The Kier molecular flexibility index (Phi) is 3.12. The van der Waals surface area contributed by atoms with Crippen LogP contribution in [0.15, 0.2) is 12.1 Å². The average molecular weight is 204 g/mol. The van der Waals surface area contributed by atoms with Gasteiger partial charge >= 0.3 is 0 Å². The van der Waals surface area contributed by atoms with Crippen LogP contribution < -0.4 is 10.5 Å². The number of methoxy groups -OCH3 is 1. The molecule has 0 spiro atoms. The van der Waals surface area contributed by atoms with Crippen LogP contribution in [0.2, 0.25) is 5.02 Å². The first kappa shape index (κ1) is 10.3. The molecule has 72 valence electrons. The lowest BCUT2D eigenvalue weighted by Gasteiger charge is -2.09. The van der Waals surface area contributed by atoms with E-state index in [1.54, 1.807) is 13.0 Å². The van der Waals surface area contributed by atoms with E-state index in [0.717, 1.165) is 0 Å². The molecule has 0 aliphatic rings. The van der Waals surface area contributed by atoms with Crippen LogP contribution in [0.25, 0.3) is 0 Å². The minimum absolute atomic E-state index is 0.0612. The van der Waals surface area contributed by atoms with Crippen molar-refractivity contribution in [1.29, 1.82) is 0 Å². The molecule has 0 fully saturated rings. The molecular weight excluding hydrogens is 193 g/mol. The van der Waals surface area contributed by atoms with Gasteiger partial charge in [-0.15, -0.1) is 0 Å². The third-order valence-electron chi connectivity index (χ3n) is 1.75. The summed E-state index contributed by atoms with van der Waals surface area (Å²) in [6.07, 6.45) is 0. The molecule has 0 aliphatic carbocycles. The lowest BCUT2D eigenvalue weighted by Crippen LogP contribution is -2.05. The van der Waals surface area contributed by atoms with Crippen LogP contribution in [-0.2, 0) is 0 Å². The van der Waals surface area contributed by atoms with Crippen molar-refractivity contribution in [1.82, 2.24) is 0 Å². The minimum atomic E-state index is -0.484. The Bertz CT molecular complexity index is 291. The number of nitrogens with two attached hydrogens (primary N) is 1. The first-order valence-electron chi connectivity index (χ1n) is 3.84. The van der Waals surface area contributed by atoms with Gasteiger partial charge < -0.3 is 10.5 Å². The van der Waals surface area contributed by atoms with Gasteiger partial charge in [-0.1, -0.05) is 11.6 Å². The van der Waals surface area contributed by atoms with E-state index in [1.807, 2.05) is 0 Å². The molecule has 0 radical (unpaired) electrons. The maximum absolute atomic E-state index is 13.2. The Labute approximate surface area is 81.4 Å². The lowest BCUT2D eigenvalue weighted by atomic mass is 10.1. The summed E-state index contributed by atoms with van der Waals surface area (Å²) in [4.78, 5) is 0. The van der Waals surface area contributed by atoms with Crippen LogP contribution in [0.3, 0.4) is 0 Å². The fraction of sp³-hybridized carbons (Fsp3) is 0.333. The SMILES string of the molecule is COc1c(F)cc(C(C)N)cc1Cl. The van der Waals surface area contributed by atoms with Gasteiger partial charge in [0.25, 0.3) is 0 Å². The highest BCUT2D eigenvalue weighted by Gasteiger charge is 2.11. The van der Waals surface area contributed by atoms with Crippen LogP contribution in [0.4, 0.5) is 4.39 Å². The molecule has 0 amide bonds. The van der Waals surface area contributed by atoms with E-state index in [-0.39, 0.29) is 16.8 Å². The Hall–Kier alpha value is -0.800. The smallest absolute Gasteiger partial charge is 0.173 e. The summed E-state index contributed by atoms with van der Waals surface area (Å²) in [5.74, 6) is -0.423. The van der Waals surface area contributed by atoms with Crippen LogP contribution in [0.5, 0.6) is 5.75 Å². The number of rotatable bonds is 2. The van der Waals surface area contributed by atoms with E-state index < -0.39 is 5.82 Å². The van der Waals surface area contributed by atoms with Gasteiger partial charge in [0.05, 0.1) is 12.1 Å². The zero-order valence-electron chi connectivity index (χ0n) is 7.47. The Morgan fingerprint density at radius 3 is 2.54 bits per heavy atom. The van der Waals surface area contributed by atoms with Crippen molar-refractivity contribution in [2.75, 3.05) is 7.11 Å². The Balaban J connectivity index is 3.20. The van der Waals surface area contributed by atoms with Crippen LogP contribution >= 0.6 is 11.6 Å². The third kappa shape index (κ3) is 2.11. The fourth-order valence-corrected chi connectivity index (χ4v) is 1.33. The topological polar surface area (TPSA) is 35.2 Å². The van der Waals surface area contributed by atoms with Gasteiger partial charge in [0.15, 0.2) is 11.6 Å². The van der Waals surface area contributed by atoms with Crippen LogP contribution in [0, 0.1) is 5.82 Å². The summed E-state index contributed by atoms with van der Waals surface area (Å²) < 4.78 is 18.0. The predicted octanol–water partition coefficient (Wildman–Crippen LogP) is 2.51. The normalized spacial score (nSPS) is 12.7. The van der Waals surface area contributed by atoms with Crippen molar-refractivity contribution in [3.05, 3.63) is 28.5 Å². The molecule has 0 aliphatic heterocycles. The summed E-state index contributed by atoms with van der Waals surface area (Å²) in [5, 5.41) is 0.245. The summed E-state index contributed by atoms with van der Waals surface area (Å²) in [7, 11) is 1.37. The maximum Gasteiger partial charge on any atom is 0.173 e. The molecule has 2 N–H and O–H groups in total. The molecule has 1 rings (SSSR count). The van der Waals surface area contributed by atoms with E-state index in [0.29, 0.717) is 5.56 Å². The van der Waals surface area contributed by atoms with Gasteiger partial charge in [-0.2, -0.15) is 0 Å². The van der Waals surface area contributed by atoms with Crippen molar-refractivity contribution in [2.45, 2.75) is 13.0 Å². The van der Waals surface area contributed by atoms with Gasteiger partial charge in [0.2, 0.25) is 0 Å². The van der Waals surface area contributed by atoms with Crippen LogP contribution in [-0.4, -0.2) is 7.11 Å². The first-order chi connectivity index (χ1) is 6.06. The number of hydrogen-bond acceptors (Lipinski definition) is 2. The number of ether oxygens (including phenoxy) is 1. The van der Waals surface area contributed by atoms with E-state index >= 15 is 0 Å². The summed E-state index contributed by atoms with van der Waals surface area (Å²) >= 11 is 5.76. The number of benzene rings is 1. The van der Waals surface area contributed by atoms with E-state index in [9.17, 15) is 4.39 Å². The van der Waals surface area contributed by atoms with E-state index in [1.165, 1.54) is 13.2 Å². The molecule has 1 unspecified atom stereocenters. The second-order valence-corrected chi connectivity index (χ2v) is 3.21. The Morgan fingerprint density at radius 2 is 2.15 bits per heavy atom. The van der Waals surface area contributed by atoms with Crippen LogP contribution in [0.1, 0.15) is 18.5 Å². The minimum Gasteiger partial charge on any atom is -0.492 e. The summed E-state index contributed by atoms with van der Waals surface area (Å²) in [6.45, 7) is 1.76. The monoisotopic (exact) mass is 203 g/mol. The van der Waals surface area contributed by atoms with Crippen molar-refractivity contribution >= 4 is 11.6 Å². The average Bonchev–Trinajstić information content (AvgIpc) is 2.03. The molecule has 2 nitrogen and oxygen atoms in total. The quantitative estimate of drug-likeness (QED) is 0.802. The predicted molar refractivity (Wildman–Crippen MR) is 50.6 cm³/mol. The molecule has 1 aromatic rings. The lowest BCUT2D eigenvalue weighted by molar-refractivity contribution is 0.386. The maximum atomic E-state index is 13.2. The largest absolute Gasteiger partial charge is 0.492 e. The molecule has 0 saturated heterocycles. The molecule has 1 aromatic carbocycles. The van der Waals surface area contributed by atoms with E-state index in [2.05, 4.69) is 0 Å². The van der Waals surface area contributed by atoms with Gasteiger partial charge in [-0.25, -0.2) is 4.39 Å². The molecule has 0 bridgehead atoms. The van der Waals surface area contributed by atoms with Gasteiger partial charge in [-0.3, -0.25) is 0 Å². The molecule has 0 saturated carbocycles. The van der Waals surface area contributed by atoms with Gasteiger partial charge in [0, 0.05) is 6.04 Å². The zero-order chi connectivity index (χ0) is 10.0. The number of halogens is 2. The summed E-state index contributed by atoms with van der Waals surface area (Å²) in [5.41, 5.74) is 6.23. The second-order valence-electron chi connectivity index (χ2n) is 2.81. The molecule has 13 heavy (non-hydrogen) atoms. The van der Waals surface area contributed by atoms with Crippen molar-refractivity contribution in [3.8, 4) is 5.75 Å². The highest BCUT2D eigenvalue weighted by atomic mass is 35.5. The molecule has 4 heteroatoms. The highest BCUT2D eigenvalue weighted by molar-refractivity contribution is 6.32. The standard InChI is InChI=1S/C9H11ClFNO/c1-5(12)6-3-7(10)9(13-2)8(11)4-6/h3-5H,12H2,1-2H3. The molecule has 1 atom stereocenters. The van der Waals surface area contributed by atoms with Crippen molar-refractivity contribution in [3.63, 3.8) is 0 Å². The van der Waals surface area contributed by atoms with Gasteiger partial charge in [0.1, 0.15) is 0 Å². The number of hydrogen-bond donors (Lipinski definition) is 1. The first-order valence-corrected chi connectivity index (χ1v) is 4.22. The fourth-order valence-electron chi connectivity index (χ4n) is 1.04. The van der Waals surface area contributed by atoms with Crippen molar-refractivity contribution < 1.29 is 9.13 Å². The molecule has 0 heterocycles. The zero-order valence-corrected chi connectivity index (χ0v) is 8.23. The second kappa shape index (κ2) is 3.94. The highest BCUT2D eigenvalue weighted by Crippen LogP contribution is 2.30. The summed E-state index contributed by atoms with van der Waals surface area (Å²) in [6, 6.07) is 2.70. The molecular formula is C9H11ClFNO. The molecule has 0 aromatic heterocycles. The van der Waals surface area contributed by atoms with Gasteiger partial charge in [-0.05, 0) is 24.6 Å². The van der Waals surface area contributed by atoms with E-state index in [4.69, 9.17) is 22.1 Å².